The Balaban J connectivity index is 2.36. The van der Waals surface area contributed by atoms with Crippen molar-refractivity contribution >= 4 is 11.9 Å². The van der Waals surface area contributed by atoms with Gasteiger partial charge in [0.15, 0.2) is 0 Å². The SMILES string of the molecule is CC(CC(=O)O)NC(=O)C1CCC=CCC1. The fraction of sp³-hybridized carbons (Fsp3) is 0.667. The van der Waals surface area contributed by atoms with Crippen molar-refractivity contribution in [2.75, 3.05) is 0 Å². The first-order chi connectivity index (χ1) is 7.59. The molecule has 4 nitrogen and oxygen atoms in total. The lowest BCUT2D eigenvalue weighted by Gasteiger charge is -2.17. The number of carboxylic acid groups (broad SMARTS) is 1. The first-order valence-corrected chi connectivity index (χ1v) is 5.76. The molecule has 0 heterocycles. The van der Waals surface area contributed by atoms with Crippen LogP contribution in [0.15, 0.2) is 12.2 Å². The van der Waals surface area contributed by atoms with Gasteiger partial charge in [-0.1, -0.05) is 12.2 Å². The number of amides is 1. The number of allylic oxidation sites excluding steroid dienone is 2. The molecule has 0 radical (unpaired) electrons. The average molecular weight is 225 g/mol. The number of hydrogen-bond donors (Lipinski definition) is 2. The Hall–Kier alpha value is -1.32. The van der Waals surface area contributed by atoms with Crippen LogP contribution >= 0.6 is 0 Å². The molecular formula is C12H19NO3. The van der Waals surface area contributed by atoms with Crippen LogP contribution in [0.5, 0.6) is 0 Å². The Bertz CT molecular complexity index is 276. The molecule has 0 spiro atoms. The van der Waals surface area contributed by atoms with E-state index in [9.17, 15) is 9.59 Å². The second kappa shape index (κ2) is 6.30. The lowest BCUT2D eigenvalue weighted by Crippen LogP contribution is -2.38. The van der Waals surface area contributed by atoms with Crippen molar-refractivity contribution in [2.45, 2.75) is 45.1 Å². The van der Waals surface area contributed by atoms with Crippen LogP contribution < -0.4 is 5.32 Å². The number of rotatable bonds is 4. The molecule has 1 atom stereocenters. The highest BCUT2D eigenvalue weighted by atomic mass is 16.4. The van der Waals surface area contributed by atoms with Gasteiger partial charge in [0, 0.05) is 12.0 Å². The van der Waals surface area contributed by atoms with Gasteiger partial charge in [-0.3, -0.25) is 9.59 Å². The molecule has 4 heteroatoms. The average Bonchev–Trinajstić information content (AvgIpc) is 2.43. The summed E-state index contributed by atoms with van der Waals surface area (Å²) >= 11 is 0. The van der Waals surface area contributed by atoms with Gasteiger partial charge in [-0.15, -0.1) is 0 Å². The third-order valence-corrected chi connectivity index (χ3v) is 2.77. The maximum atomic E-state index is 11.8. The molecule has 16 heavy (non-hydrogen) atoms. The highest BCUT2D eigenvalue weighted by Gasteiger charge is 2.20. The molecule has 1 rings (SSSR count). The van der Waals surface area contributed by atoms with E-state index in [4.69, 9.17) is 5.11 Å². The highest BCUT2D eigenvalue weighted by Crippen LogP contribution is 2.18. The molecule has 0 fully saturated rings. The Morgan fingerprint density at radius 2 is 1.94 bits per heavy atom. The molecule has 0 aromatic heterocycles. The minimum absolute atomic E-state index is 0.00236. The second-order valence-corrected chi connectivity index (χ2v) is 4.33. The first-order valence-electron chi connectivity index (χ1n) is 5.76. The van der Waals surface area contributed by atoms with E-state index in [1.54, 1.807) is 6.92 Å². The number of hydrogen-bond acceptors (Lipinski definition) is 2. The zero-order valence-corrected chi connectivity index (χ0v) is 9.61. The molecule has 0 saturated carbocycles. The molecule has 2 N–H and O–H groups in total. The van der Waals surface area contributed by atoms with Gasteiger partial charge in [-0.05, 0) is 32.6 Å². The van der Waals surface area contributed by atoms with E-state index in [0.29, 0.717) is 0 Å². The van der Waals surface area contributed by atoms with Crippen LogP contribution in [0.3, 0.4) is 0 Å². The van der Waals surface area contributed by atoms with Crippen LogP contribution in [0.25, 0.3) is 0 Å². The summed E-state index contributed by atoms with van der Waals surface area (Å²) in [5.41, 5.74) is 0. The van der Waals surface area contributed by atoms with Crippen molar-refractivity contribution in [3.05, 3.63) is 12.2 Å². The van der Waals surface area contributed by atoms with E-state index in [1.165, 1.54) is 0 Å². The molecule has 1 aliphatic rings. The van der Waals surface area contributed by atoms with Gasteiger partial charge in [0.2, 0.25) is 5.91 Å². The normalized spacial score (nSPS) is 18.8. The summed E-state index contributed by atoms with van der Waals surface area (Å²) < 4.78 is 0. The van der Waals surface area contributed by atoms with Gasteiger partial charge in [0.05, 0.1) is 6.42 Å². The fourth-order valence-corrected chi connectivity index (χ4v) is 1.91. The summed E-state index contributed by atoms with van der Waals surface area (Å²) in [5.74, 6) is -0.848. The van der Waals surface area contributed by atoms with E-state index >= 15 is 0 Å². The van der Waals surface area contributed by atoms with E-state index in [2.05, 4.69) is 17.5 Å². The molecule has 0 bridgehead atoms. The van der Waals surface area contributed by atoms with Crippen molar-refractivity contribution in [3.8, 4) is 0 Å². The van der Waals surface area contributed by atoms with Crippen LogP contribution in [-0.4, -0.2) is 23.0 Å². The molecule has 90 valence electrons. The Morgan fingerprint density at radius 3 is 2.44 bits per heavy atom. The molecule has 1 unspecified atom stereocenters. The lowest BCUT2D eigenvalue weighted by molar-refractivity contribution is -0.137. The van der Waals surface area contributed by atoms with Crippen LogP contribution in [0.2, 0.25) is 0 Å². The highest BCUT2D eigenvalue weighted by molar-refractivity contribution is 5.79. The Kier molecular flexibility index (Phi) is 5.02. The van der Waals surface area contributed by atoms with Crippen LogP contribution in [0.1, 0.15) is 39.0 Å². The van der Waals surface area contributed by atoms with Gasteiger partial charge in [0.25, 0.3) is 0 Å². The summed E-state index contributed by atoms with van der Waals surface area (Å²) in [6.07, 6.45) is 7.79. The minimum Gasteiger partial charge on any atom is -0.481 e. The van der Waals surface area contributed by atoms with Crippen molar-refractivity contribution in [1.29, 1.82) is 0 Å². The maximum Gasteiger partial charge on any atom is 0.305 e. The molecule has 1 aliphatic carbocycles. The number of carbonyl (C=O) groups excluding carboxylic acids is 1. The fourth-order valence-electron chi connectivity index (χ4n) is 1.91. The van der Waals surface area contributed by atoms with E-state index in [1.807, 2.05) is 0 Å². The smallest absolute Gasteiger partial charge is 0.305 e. The van der Waals surface area contributed by atoms with Crippen molar-refractivity contribution in [2.24, 2.45) is 5.92 Å². The Morgan fingerprint density at radius 1 is 1.38 bits per heavy atom. The van der Waals surface area contributed by atoms with Crippen LogP contribution in [0.4, 0.5) is 0 Å². The molecule has 0 saturated heterocycles. The summed E-state index contributed by atoms with van der Waals surface area (Å²) in [6.45, 7) is 1.72. The summed E-state index contributed by atoms with van der Waals surface area (Å²) in [6, 6.07) is -0.291. The monoisotopic (exact) mass is 225 g/mol. The third kappa shape index (κ3) is 4.47. The molecule has 1 amide bonds. The van der Waals surface area contributed by atoms with Crippen molar-refractivity contribution < 1.29 is 14.7 Å². The predicted molar refractivity (Wildman–Crippen MR) is 61.0 cm³/mol. The minimum atomic E-state index is -0.879. The zero-order valence-electron chi connectivity index (χ0n) is 9.61. The maximum absolute atomic E-state index is 11.8. The van der Waals surface area contributed by atoms with Crippen LogP contribution in [-0.2, 0) is 9.59 Å². The van der Waals surface area contributed by atoms with Gasteiger partial charge < -0.3 is 10.4 Å². The number of carbonyl (C=O) groups is 2. The quantitative estimate of drug-likeness (QED) is 0.716. The molecule has 0 aromatic rings. The summed E-state index contributed by atoms with van der Waals surface area (Å²) in [7, 11) is 0. The lowest BCUT2D eigenvalue weighted by atomic mass is 9.98. The molecular weight excluding hydrogens is 206 g/mol. The largest absolute Gasteiger partial charge is 0.481 e. The van der Waals surface area contributed by atoms with Crippen molar-refractivity contribution in [3.63, 3.8) is 0 Å². The van der Waals surface area contributed by atoms with Gasteiger partial charge in [0.1, 0.15) is 0 Å². The topological polar surface area (TPSA) is 66.4 Å². The standard InChI is InChI=1S/C12H19NO3/c1-9(8-11(14)15)13-12(16)10-6-4-2-3-5-7-10/h2-3,9-10H,4-8H2,1H3,(H,13,16)(H,14,15). The van der Waals surface area contributed by atoms with E-state index in [-0.39, 0.29) is 24.3 Å². The van der Waals surface area contributed by atoms with E-state index < -0.39 is 5.97 Å². The molecule has 0 aromatic carbocycles. The zero-order chi connectivity index (χ0) is 12.0. The number of aliphatic carboxylic acids is 1. The third-order valence-electron chi connectivity index (χ3n) is 2.77. The van der Waals surface area contributed by atoms with E-state index in [0.717, 1.165) is 25.7 Å². The van der Waals surface area contributed by atoms with Crippen LogP contribution in [0, 0.1) is 5.92 Å². The first kappa shape index (κ1) is 12.7. The summed E-state index contributed by atoms with van der Waals surface area (Å²) in [5, 5.41) is 11.4. The van der Waals surface area contributed by atoms with Gasteiger partial charge >= 0.3 is 5.97 Å². The number of carboxylic acids is 1. The summed E-state index contributed by atoms with van der Waals surface area (Å²) in [4.78, 5) is 22.3. The van der Waals surface area contributed by atoms with Gasteiger partial charge in [-0.2, -0.15) is 0 Å². The van der Waals surface area contributed by atoms with Crippen molar-refractivity contribution in [1.82, 2.24) is 5.32 Å². The van der Waals surface area contributed by atoms with Gasteiger partial charge in [-0.25, -0.2) is 0 Å². The Labute approximate surface area is 95.7 Å². The molecule has 0 aliphatic heterocycles. The number of nitrogens with one attached hydrogen (secondary N) is 1. The second-order valence-electron chi connectivity index (χ2n) is 4.33. The predicted octanol–water partition coefficient (Wildman–Crippen LogP) is 1.71.